The number of aromatic nitrogens is 3. The quantitative estimate of drug-likeness (QED) is 0.702. The number of hydrogen-bond donors (Lipinski definition) is 1. The lowest BCUT2D eigenvalue weighted by Crippen LogP contribution is -2.08. The van der Waals surface area contributed by atoms with Crippen molar-refractivity contribution in [2.75, 3.05) is 5.32 Å². The summed E-state index contributed by atoms with van der Waals surface area (Å²) in [6.45, 7) is 2.99. The number of carbonyl (C=O) groups excluding carboxylic acids is 1. The molecule has 132 valence electrons. The Hall–Kier alpha value is -2.73. The van der Waals surface area contributed by atoms with E-state index in [1.807, 2.05) is 36.6 Å². The first-order valence-corrected chi connectivity index (χ1v) is 9.63. The number of hydrogen-bond acceptors (Lipinski definition) is 4. The highest BCUT2D eigenvalue weighted by molar-refractivity contribution is 7.09. The van der Waals surface area contributed by atoms with E-state index in [0.717, 1.165) is 46.4 Å². The van der Waals surface area contributed by atoms with Gasteiger partial charge in [0.1, 0.15) is 5.82 Å². The van der Waals surface area contributed by atoms with E-state index >= 15 is 0 Å². The predicted molar refractivity (Wildman–Crippen MR) is 105 cm³/mol. The van der Waals surface area contributed by atoms with Gasteiger partial charge in [0.2, 0.25) is 5.91 Å². The van der Waals surface area contributed by atoms with Crippen molar-refractivity contribution < 1.29 is 4.79 Å². The van der Waals surface area contributed by atoms with Crippen LogP contribution in [0.3, 0.4) is 0 Å². The molecule has 5 nitrogen and oxygen atoms in total. The largest absolute Gasteiger partial charge is 0.334 e. The van der Waals surface area contributed by atoms with Crippen LogP contribution in [0.4, 0.5) is 5.69 Å². The van der Waals surface area contributed by atoms with Gasteiger partial charge in [-0.2, -0.15) is 0 Å². The summed E-state index contributed by atoms with van der Waals surface area (Å²) in [6.07, 6.45) is 8.81. The number of benzene rings is 1. The molecule has 0 bridgehead atoms. The Morgan fingerprint density at radius 2 is 2.23 bits per heavy atom. The predicted octanol–water partition coefficient (Wildman–Crippen LogP) is 4.30. The number of fused-ring (bicyclic) bond motifs is 1. The van der Waals surface area contributed by atoms with Crippen molar-refractivity contribution in [2.24, 2.45) is 0 Å². The smallest absolute Gasteiger partial charge is 0.248 e. The van der Waals surface area contributed by atoms with Gasteiger partial charge in [-0.25, -0.2) is 9.97 Å². The summed E-state index contributed by atoms with van der Waals surface area (Å²) in [5, 5.41) is 5.82. The van der Waals surface area contributed by atoms with Crippen molar-refractivity contribution in [2.45, 2.75) is 32.7 Å². The molecule has 4 rings (SSSR count). The van der Waals surface area contributed by atoms with Crippen LogP contribution in [0.25, 0.3) is 17.3 Å². The number of nitrogens with one attached hydrogen (secondary N) is 1. The highest BCUT2D eigenvalue weighted by atomic mass is 32.1. The highest BCUT2D eigenvalue weighted by Crippen LogP contribution is 2.24. The molecule has 0 aliphatic carbocycles. The van der Waals surface area contributed by atoms with E-state index in [9.17, 15) is 4.79 Å². The minimum atomic E-state index is -0.170. The second-order valence-electron chi connectivity index (χ2n) is 6.39. The number of amides is 1. The number of anilines is 1. The van der Waals surface area contributed by atoms with E-state index in [2.05, 4.69) is 21.1 Å². The normalized spacial score (nSPS) is 13.7. The lowest BCUT2D eigenvalue weighted by molar-refractivity contribution is -0.111. The molecule has 0 radical (unpaired) electrons. The topological polar surface area (TPSA) is 59.8 Å². The second kappa shape index (κ2) is 7.25. The molecule has 2 aromatic heterocycles. The molecule has 6 heteroatoms. The molecule has 0 spiro atoms. The minimum Gasteiger partial charge on any atom is -0.334 e. The molecule has 0 saturated heterocycles. The van der Waals surface area contributed by atoms with Gasteiger partial charge in [-0.15, -0.1) is 11.3 Å². The van der Waals surface area contributed by atoms with Gasteiger partial charge in [-0.3, -0.25) is 4.79 Å². The van der Waals surface area contributed by atoms with Gasteiger partial charge in [0.15, 0.2) is 0 Å². The first kappa shape index (κ1) is 16.7. The molecular formula is C20H20N4OS. The average molecular weight is 364 g/mol. The Kier molecular flexibility index (Phi) is 4.67. The van der Waals surface area contributed by atoms with Crippen LogP contribution in [0.5, 0.6) is 0 Å². The van der Waals surface area contributed by atoms with E-state index in [1.165, 1.54) is 18.9 Å². The van der Waals surface area contributed by atoms with Gasteiger partial charge in [0.05, 0.1) is 16.4 Å². The van der Waals surface area contributed by atoms with Crippen molar-refractivity contribution in [3.63, 3.8) is 0 Å². The van der Waals surface area contributed by atoms with Crippen molar-refractivity contribution in [1.82, 2.24) is 14.5 Å². The van der Waals surface area contributed by atoms with Crippen LogP contribution < -0.4 is 5.32 Å². The number of carbonyl (C=O) groups is 1. The summed E-state index contributed by atoms with van der Waals surface area (Å²) in [6, 6.07) is 7.82. The Morgan fingerprint density at radius 3 is 3.04 bits per heavy atom. The molecule has 1 aliphatic rings. The van der Waals surface area contributed by atoms with Gasteiger partial charge < -0.3 is 9.88 Å². The van der Waals surface area contributed by atoms with Crippen LogP contribution >= 0.6 is 11.3 Å². The lowest BCUT2D eigenvalue weighted by Gasteiger charge is -2.11. The van der Waals surface area contributed by atoms with Gasteiger partial charge in [-0.1, -0.05) is 12.1 Å². The zero-order valence-electron chi connectivity index (χ0n) is 14.6. The Bertz CT molecular complexity index is 946. The van der Waals surface area contributed by atoms with E-state index < -0.39 is 0 Å². The third-order valence-corrected chi connectivity index (χ3v) is 5.17. The molecule has 1 aliphatic heterocycles. The number of aryl methyl sites for hydroxylation is 3. The highest BCUT2D eigenvalue weighted by Gasteiger charge is 2.13. The SMILES string of the molecule is Cc1nc(/C=C/C(=O)Nc2cccc(-c3cn4c(n3)CCCC4)c2)cs1. The molecular weight excluding hydrogens is 344 g/mol. The molecule has 3 aromatic rings. The summed E-state index contributed by atoms with van der Waals surface area (Å²) >= 11 is 1.57. The first-order chi connectivity index (χ1) is 12.7. The molecule has 1 aromatic carbocycles. The monoisotopic (exact) mass is 364 g/mol. The van der Waals surface area contributed by atoms with E-state index in [4.69, 9.17) is 4.98 Å². The molecule has 1 amide bonds. The van der Waals surface area contributed by atoms with Gasteiger partial charge >= 0.3 is 0 Å². The lowest BCUT2D eigenvalue weighted by atomic mass is 10.1. The number of nitrogens with zero attached hydrogens (tertiary/aromatic N) is 3. The van der Waals surface area contributed by atoms with Crippen LogP contribution in [0.15, 0.2) is 41.9 Å². The van der Waals surface area contributed by atoms with Crippen LogP contribution in [-0.2, 0) is 17.8 Å². The molecule has 1 N–H and O–H groups in total. The van der Waals surface area contributed by atoms with Crippen molar-refractivity contribution in [3.05, 3.63) is 58.4 Å². The van der Waals surface area contributed by atoms with Gasteiger partial charge in [0, 0.05) is 41.9 Å². The Balaban J connectivity index is 1.48. The van der Waals surface area contributed by atoms with Crippen LogP contribution in [-0.4, -0.2) is 20.4 Å². The number of rotatable bonds is 4. The van der Waals surface area contributed by atoms with Crippen molar-refractivity contribution in [3.8, 4) is 11.3 Å². The molecule has 0 fully saturated rings. The summed E-state index contributed by atoms with van der Waals surface area (Å²) in [5.41, 5.74) is 3.55. The fourth-order valence-electron chi connectivity index (χ4n) is 3.11. The van der Waals surface area contributed by atoms with Crippen molar-refractivity contribution >= 4 is 29.0 Å². The maximum atomic E-state index is 12.2. The second-order valence-corrected chi connectivity index (χ2v) is 7.45. The third-order valence-electron chi connectivity index (χ3n) is 4.38. The molecule has 0 saturated carbocycles. The fourth-order valence-corrected chi connectivity index (χ4v) is 3.69. The van der Waals surface area contributed by atoms with E-state index in [-0.39, 0.29) is 5.91 Å². The third kappa shape index (κ3) is 3.75. The standard InChI is InChI=1S/C20H20N4OS/c1-14-21-17(13-26-14)8-9-20(25)22-16-6-4-5-15(11-16)18-12-24-10-3-2-7-19(24)23-18/h4-6,8-9,11-13H,2-3,7,10H2,1H3,(H,22,25)/b9-8+. The fraction of sp³-hybridized carbons (Fsp3) is 0.250. The summed E-state index contributed by atoms with van der Waals surface area (Å²) in [4.78, 5) is 21.2. The summed E-state index contributed by atoms with van der Waals surface area (Å²) in [5.74, 6) is 0.985. The Morgan fingerprint density at radius 1 is 1.31 bits per heavy atom. The number of imidazole rings is 1. The van der Waals surface area contributed by atoms with Crippen LogP contribution in [0.2, 0.25) is 0 Å². The van der Waals surface area contributed by atoms with E-state index in [1.54, 1.807) is 17.4 Å². The maximum absolute atomic E-state index is 12.2. The minimum absolute atomic E-state index is 0.170. The van der Waals surface area contributed by atoms with Gasteiger partial charge in [-0.05, 0) is 38.0 Å². The molecule has 0 atom stereocenters. The maximum Gasteiger partial charge on any atom is 0.248 e. The van der Waals surface area contributed by atoms with Gasteiger partial charge in [0.25, 0.3) is 0 Å². The zero-order valence-corrected chi connectivity index (χ0v) is 15.4. The first-order valence-electron chi connectivity index (χ1n) is 8.75. The summed E-state index contributed by atoms with van der Waals surface area (Å²) in [7, 11) is 0. The van der Waals surface area contributed by atoms with Crippen LogP contribution in [0.1, 0.15) is 29.4 Å². The molecule has 3 heterocycles. The molecule has 0 unspecified atom stereocenters. The zero-order chi connectivity index (χ0) is 17.9. The Labute approximate surface area is 156 Å². The number of thiazole rings is 1. The van der Waals surface area contributed by atoms with Crippen molar-refractivity contribution in [1.29, 1.82) is 0 Å². The molecule has 26 heavy (non-hydrogen) atoms. The summed E-state index contributed by atoms with van der Waals surface area (Å²) < 4.78 is 2.24. The average Bonchev–Trinajstić information content (AvgIpc) is 3.26. The van der Waals surface area contributed by atoms with E-state index in [0.29, 0.717) is 0 Å². The van der Waals surface area contributed by atoms with Crippen LogP contribution in [0, 0.1) is 6.92 Å².